The molecular weight excluding hydrogens is 242 g/mol. The van der Waals surface area contributed by atoms with Crippen LogP contribution in [0.25, 0.3) is 0 Å². The van der Waals surface area contributed by atoms with Gasteiger partial charge >= 0.3 is 0 Å². The van der Waals surface area contributed by atoms with Crippen LogP contribution in [0.15, 0.2) is 54.6 Å². The van der Waals surface area contributed by atoms with Gasteiger partial charge in [-0.05, 0) is 31.0 Å². The number of nitrogens with one attached hydrogen (secondary N) is 1. The summed E-state index contributed by atoms with van der Waals surface area (Å²) < 4.78 is 0. The highest BCUT2D eigenvalue weighted by Gasteiger charge is 2.12. The summed E-state index contributed by atoms with van der Waals surface area (Å²) in [5, 5.41) is 4.39. The fourth-order valence-corrected chi connectivity index (χ4v) is 2.43. The van der Waals surface area contributed by atoms with Crippen LogP contribution < -0.4 is 5.32 Å². The summed E-state index contributed by atoms with van der Waals surface area (Å²) in [6.45, 7) is 4.31. The zero-order valence-corrected chi connectivity index (χ0v) is 11.5. The number of hydrogen-bond acceptors (Lipinski definition) is 1. The van der Waals surface area contributed by atoms with Crippen LogP contribution in [0.1, 0.15) is 37.1 Å². The molecule has 0 bridgehead atoms. The average molecular weight is 260 g/mol. The van der Waals surface area contributed by atoms with Crippen molar-refractivity contribution in [3.63, 3.8) is 0 Å². The molecule has 0 saturated heterocycles. The van der Waals surface area contributed by atoms with Gasteiger partial charge < -0.3 is 5.32 Å². The lowest BCUT2D eigenvalue weighted by Gasteiger charge is -2.21. The summed E-state index contributed by atoms with van der Waals surface area (Å²) >= 11 is 6.21. The van der Waals surface area contributed by atoms with Gasteiger partial charge in [-0.25, -0.2) is 0 Å². The van der Waals surface area contributed by atoms with Gasteiger partial charge in [0.1, 0.15) is 0 Å². The minimum atomic E-state index is 0.230. The van der Waals surface area contributed by atoms with E-state index in [1.54, 1.807) is 0 Å². The van der Waals surface area contributed by atoms with Crippen LogP contribution >= 0.6 is 11.6 Å². The van der Waals surface area contributed by atoms with Crippen LogP contribution in [-0.4, -0.2) is 0 Å². The summed E-state index contributed by atoms with van der Waals surface area (Å²) in [5.41, 5.74) is 2.43. The molecule has 2 heteroatoms. The van der Waals surface area contributed by atoms with Crippen molar-refractivity contribution < 1.29 is 0 Å². The lowest BCUT2D eigenvalue weighted by atomic mass is 10.0. The number of benzene rings is 2. The van der Waals surface area contributed by atoms with E-state index in [0.717, 1.165) is 10.6 Å². The molecule has 0 aliphatic rings. The van der Waals surface area contributed by atoms with E-state index in [0.29, 0.717) is 6.04 Å². The Bertz CT molecular complexity index is 495. The molecule has 2 atom stereocenters. The van der Waals surface area contributed by atoms with Gasteiger partial charge in [0.05, 0.1) is 0 Å². The summed E-state index contributed by atoms with van der Waals surface area (Å²) in [6, 6.07) is 18.9. The molecule has 0 radical (unpaired) electrons. The standard InChI is InChI=1S/C16H18ClN/c1-12(14-8-4-3-5-9-14)18-13(2)15-10-6-7-11-16(15)17/h3-13,18H,1-2H3/t12-,13?/m1/s1. The second-order valence-electron chi connectivity index (χ2n) is 4.54. The molecular formula is C16H18ClN. The fourth-order valence-electron chi connectivity index (χ4n) is 2.13. The highest BCUT2D eigenvalue weighted by Crippen LogP contribution is 2.24. The lowest BCUT2D eigenvalue weighted by molar-refractivity contribution is 0.495. The van der Waals surface area contributed by atoms with Gasteiger partial charge in [0.15, 0.2) is 0 Å². The first-order valence-electron chi connectivity index (χ1n) is 6.24. The molecule has 0 fully saturated rings. The number of halogens is 1. The van der Waals surface area contributed by atoms with Gasteiger partial charge in [0, 0.05) is 17.1 Å². The monoisotopic (exact) mass is 259 g/mol. The van der Waals surface area contributed by atoms with Gasteiger partial charge in [-0.1, -0.05) is 60.1 Å². The van der Waals surface area contributed by atoms with Crippen molar-refractivity contribution in [2.24, 2.45) is 0 Å². The summed E-state index contributed by atoms with van der Waals surface area (Å²) in [4.78, 5) is 0. The Labute approximate surface area is 114 Å². The van der Waals surface area contributed by atoms with Crippen molar-refractivity contribution in [3.05, 3.63) is 70.7 Å². The maximum absolute atomic E-state index is 6.21. The van der Waals surface area contributed by atoms with Crippen molar-refractivity contribution in [1.29, 1.82) is 0 Å². The van der Waals surface area contributed by atoms with Crippen LogP contribution in [-0.2, 0) is 0 Å². The zero-order valence-electron chi connectivity index (χ0n) is 10.7. The van der Waals surface area contributed by atoms with E-state index < -0.39 is 0 Å². The Balaban J connectivity index is 2.08. The fraction of sp³-hybridized carbons (Fsp3) is 0.250. The minimum Gasteiger partial charge on any atom is -0.304 e. The summed E-state index contributed by atoms with van der Waals surface area (Å²) in [6.07, 6.45) is 0. The minimum absolute atomic E-state index is 0.230. The molecule has 0 saturated carbocycles. The second-order valence-corrected chi connectivity index (χ2v) is 4.95. The maximum atomic E-state index is 6.21. The Kier molecular flexibility index (Phi) is 4.40. The first kappa shape index (κ1) is 13.1. The normalized spacial score (nSPS) is 14.2. The van der Waals surface area contributed by atoms with Crippen LogP contribution in [0.2, 0.25) is 5.02 Å². The van der Waals surface area contributed by atoms with E-state index in [4.69, 9.17) is 11.6 Å². The summed E-state index contributed by atoms with van der Waals surface area (Å²) in [7, 11) is 0. The van der Waals surface area contributed by atoms with Crippen molar-refractivity contribution in [1.82, 2.24) is 5.32 Å². The molecule has 1 nitrogen and oxygen atoms in total. The van der Waals surface area contributed by atoms with Crippen molar-refractivity contribution in [2.45, 2.75) is 25.9 Å². The van der Waals surface area contributed by atoms with Gasteiger partial charge in [-0.3, -0.25) is 0 Å². The molecule has 1 N–H and O–H groups in total. The van der Waals surface area contributed by atoms with Gasteiger partial charge in [-0.2, -0.15) is 0 Å². The topological polar surface area (TPSA) is 12.0 Å². The maximum Gasteiger partial charge on any atom is 0.0453 e. The molecule has 0 amide bonds. The molecule has 2 aromatic carbocycles. The van der Waals surface area contributed by atoms with Crippen LogP contribution in [0.4, 0.5) is 0 Å². The molecule has 94 valence electrons. The highest BCUT2D eigenvalue weighted by atomic mass is 35.5. The zero-order chi connectivity index (χ0) is 13.0. The van der Waals surface area contributed by atoms with E-state index in [1.165, 1.54) is 5.56 Å². The van der Waals surface area contributed by atoms with Crippen molar-refractivity contribution >= 4 is 11.6 Å². The second kappa shape index (κ2) is 6.03. The van der Waals surface area contributed by atoms with Crippen LogP contribution in [0.3, 0.4) is 0 Å². The number of rotatable bonds is 4. The Morgan fingerprint density at radius 1 is 0.833 bits per heavy atom. The van der Waals surface area contributed by atoms with Gasteiger partial charge in [-0.15, -0.1) is 0 Å². The first-order valence-corrected chi connectivity index (χ1v) is 6.61. The molecule has 18 heavy (non-hydrogen) atoms. The molecule has 0 aliphatic heterocycles. The van der Waals surface area contributed by atoms with Crippen LogP contribution in [0.5, 0.6) is 0 Å². The predicted octanol–water partition coefficient (Wildman–Crippen LogP) is 4.75. The van der Waals surface area contributed by atoms with Gasteiger partial charge in [0.2, 0.25) is 0 Å². The Morgan fingerprint density at radius 3 is 2.11 bits per heavy atom. The van der Waals surface area contributed by atoms with Gasteiger partial charge in [0.25, 0.3) is 0 Å². The van der Waals surface area contributed by atoms with E-state index >= 15 is 0 Å². The van der Waals surface area contributed by atoms with E-state index in [-0.39, 0.29) is 6.04 Å². The molecule has 1 unspecified atom stereocenters. The van der Waals surface area contributed by atoms with Crippen molar-refractivity contribution in [2.75, 3.05) is 0 Å². The largest absolute Gasteiger partial charge is 0.304 e. The Hall–Kier alpha value is -1.31. The van der Waals surface area contributed by atoms with Crippen molar-refractivity contribution in [3.8, 4) is 0 Å². The first-order chi connectivity index (χ1) is 8.68. The smallest absolute Gasteiger partial charge is 0.0453 e. The average Bonchev–Trinajstić information content (AvgIpc) is 2.40. The third-order valence-corrected chi connectivity index (χ3v) is 3.52. The molecule has 0 heterocycles. The van der Waals surface area contributed by atoms with E-state index in [1.807, 2.05) is 24.3 Å². The SMILES string of the molecule is CC(N[C@H](C)c1ccccc1)c1ccccc1Cl. The molecule has 0 spiro atoms. The Morgan fingerprint density at radius 2 is 1.44 bits per heavy atom. The summed E-state index contributed by atoms with van der Waals surface area (Å²) in [5.74, 6) is 0. The highest BCUT2D eigenvalue weighted by molar-refractivity contribution is 6.31. The third kappa shape index (κ3) is 3.12. The van der Waals surface area contributed by atoms with E-state index in [2.05, 4.69) is 49.5 Å². The van der Waals surface area contributed by atoms with E-state index in [9.17, 15) is 0 Å². The molecule has 2 rings (SSSR count). The lowest BCUT2D eigenvalue weighted by Crippen LogP contribution is -2.22. The predicted molar refractivity (Wildman–Crippen MR) is 77.9 cm³/mol. The molecule has 0 aliphatic carbocycles. The third-order valence-electron chi connectivity index (χ3n) is 3.17. The quantitative estimate of drug-likeness (QED) is 0.835. The molecule has 0 aromatic heterocycles. The molecule has 2 aromatic rings. The number of hydrogen-bond donors (Lipinski definition) is 1. The van der Waals surface area contributed by atoms with Crippen LogP contribution in [0, 0.1) is 0 Å².